The minimum Gasteiger partial charge on any atom is -0.384 e. The molecule has 0 fully saturated rings. The van der Waals surface area contributed by atoms with Gasteiger partial charge in [-0.2, -0.15) is 0 Å². The summed E-state index contributed by atoms with van der Waals surface area (Å²) in [5.41, 5.74) is 6.69. The number of allylic oxidation sites excluding steroid dienone is 1. The number of nitrogens with two attached hydrogens (primary N) is 1. The maximum absolute atomic E-state index is 11.4. The highest BCUT2D eigenvalue weighted by Crippen LogP contribution is 2.22. The average Bonchev–Trinajstić information content (AvgIpc) is 2.44. The summed E-state index contributed by atoms with van der Waals surface area (Å²) in [6, 6.07) is 1.74. The molecule has 3 N–H and O–H groups in total. The SMILES string of the molecule is C=CCC(=CC(=O)NC)CSc1nc(N)cc(SC)n1. The van der Waals surface area contributed by atoms with Crippen LogP contribution in [0, 0.1) is 0 Å². The van der Waals surface area contributed by atoms with Gasteiger partial charge in [-0.15, -0.1) is 18.3 Å². The molecule has 108 valence electrons. The fraction of sp³-hybridized carbons (Fsp3) is 0.308. The standard InChI is InChI=1S/C13H18N4OS2/c1-4-5-9(6-11(18)15-2)8-20-13-16-10(14)7-12(17-13)19-3/h4,6-7H,1,5,8H2,2-3H3,(H,15,18)(H2,14,16,17). The minimum absolute atomic E-state index is 0.124. The van der Waals surface area contributed by atoms with Crippen molar-refractivity contribution in [3.05, 3.63) is 30.4 Å². The van der Waals surface area contributed by atoms with E-state index in [1.54, 1.807) is 25.3 Å². The van der Waals surface area contributed by atoms with E-state index in [0.29, 0.717) is 23.1 Å². The molecule has 1 amide bonds. The first-order chi connectivity index (χ1) is 9.58. The molecule has 0 aliphatic heterocycles. The van der Waals surface area contributed by atoms with Gasteiger partial charge in [-0.3, -0.25) is 4.79 Å². The van der Waals surface area contributed by atoms with E-state index in [2.05, 4.69) is 21.9 Å². The first kappa shape index (κ1) is 16.6. The first-order valence-electron chi connectivity index (χ1n) is 5.92. The number of likely N-dealkylation sites (N-methyl/N-ethyl adjacent to an activating group) is 1. The Balaban J connectivity index is 2.76. The number of amides is 1. The van der Waals surface area contributed by atoms with Crippen molar-refractivity contribution < 1.29 is 4.79 Å². The van der Waals surface area contributed by atoms with Crippen molar-refractivity contribution >= 4 is 35.2 Å². The van der Waals surface area contributed by atoms with Crippen molar-refractivity contribution in [3.8, 4) is 0 Å². The molecule has 7 heteroatoms. The van der Waals surface area contributed by atoms with E-state index in [4.69, 9.17) is 5.73 Å². The Morgan fingerprint density at radius 1 is 1.55 bits per heavy atom. The van der Waals surface area contributed by atoms with E-state index in [-0.39, 0.29) is 5.91 Å². The Bertz CT molecular complexity index is 517. The summed E-state index contributed by atoms with van der Waals surface area (Å²) in [5.74, 6) is 0.949. The molecule has 0 saturated heterocycles. The van der Waals surface area contributed by atoms with Gasteiger partial charge in [0.05, 0.1) is 0 Å². The van der Waals surface area contributed by atoms with Crippen LogP contribution in [0.4, 0.5) is 5.82 Å². The van der Waals surface area contributed by atoms with Crippen LogP contribution in [0.15, 0.2) is 40.6 Å². The van der Waals surface area contributed by atoms with Crippen LogP contribution in [0.3, 0.4) is 0 Å². The number of hydrogen-bond donors (Lipinski definition) is 2. The lowest BCUT2D eigenvalue weighted by atomic mass is 10.2. The molecule has 0 aromatic carbocycles. The van der Waals surface area contributed by atoms with Crippen molar-refractivity contribution in [1.82, 2.24) is 15.3 Å². The maximum Gasteiger partial charge on any atom is 0.243 e. The van der Waals surface area contributed by atoms with Gasteiger partial charge in [0.25, 0.3) is 0 Å². The van der Waals surface area contributed by atoms with Crippen molar-refractivity contribution in [3.63, 3.8) is 0 Å². The van der Waals surface area contributed by atoms with Gasteiger partial charge in [-0.05, 0) is 12.7 Å². The molecule has 0 saturated carbocycles. The highest BCUT2D eigenvalue weighted by Gasteiger charge is 2.06. The number of carbonyl (C=O) groups excluding carboxylic acids is 1. The Labute approximate surface area is 127 Å². The normalized spacial score (nSPS) is 11.2. The summed E-state index contributed by atoms with van der Waals surface area (Å²) in [6.07, 6.45) is 5.93. The molecule has 0 aliphatic rings. The molecule has 0 atom stereocenters. The molecule has 1 heterocycles. The van der Waals surface area contributed by atoms with Crippen LogP contribution in [-0.2, 0) is 4.79 Å². The number of carbonyl (C=O) groups is 1. The van der Waals surface area contributed by atoms with E-state index in [1.165, 1.54) is 23.5 Å². The van der Waals surface area contributed by atoms with Gasteiger partial charge in [-0.1, -0.05) is 23.4 Å². The van der Waals surface area contributed by atoms with Crippen molar-refractivity contribution in [2.75, 3.05) is 24.8 Å². The average molecular weight is 310 g/mol. The number of nitrogens with one attached hydrogen (secondary N) is 1. The Hall–Kier alpha value is -1.47. The Morgan fingerprint density at radius 3 is 2.90 bits per heavy atom. The fourth-order valence-electron chi connectivity index (χ4n) is 1.35. The zero-order valence-electron chi connectivity index (χ0n) is 11.5. The number of hydrogen-bond acceptors (Lipinski definition) is 6. The third-order valence-corrected chi connectivity index (χ3v) is 3.87. The predicted molar refractivity (Wildman–Crippen MR) is 85.9 cm³/mol. The van der Waals surface area contributed by atoms with E-state index in [9.17, 15) is 4.79 Å². The molecule has 0 aliphatic carbocycles. The van der Waals surface area contributed by atoms with E-state index < -0.39 is 0 Å². The van der Waals surface area contributed by atoms with Crippen LogP contribution in [0.1, 0.15) is 6.42 Å². The third kappa shape index (κ3) is 5.66. The van der Waals surface area contributed by atoms with Gasteiger partial charge in [-0.25, -0.2) is 9.97 Å². The van der Waals surface area contributed by atoms with Crippen LogP contribution in [0.5, 0.6) is 0 Å². The molecule has 0 radical (unpaired) electrons. The number of thioether (sulfide) groups is 2. The zero-order chi connectivity index (χ0) is 15.0. The molecule has 0 spiro atoms. The number of anilines is 1. The molecular formula is C13H18N4OS2. The van der Waals surface area contributed by atoms with Gasteiger partial charge in [0.1, 0.15) is 10.8 Å². The van der Waals surface area contributed by atoms with Crippen molar-refractivity contribution in [2.45, 2.75) is 16.6 Å². The van der Waals surface area contributed by atoms with Gasteiger partial charge in [0.2, 0.25) is 5.91 Å². The molecule has 20 heavy (non-hydrogen) atoms. The first-order valence-corrected chi connectivity index (χ1v) is 8.13. The number of nitrogen functional groups attached to an aromatic ring is 1. The van der Waals surface area contributed by atoms with Gasteiger partial charge >= 0.3 is 0 Å². The zero-order valence-corrected chi connectivity index (χ0v) is 13.2. The smallest absolute Gasteiger partial charge is 0.243 e. The third-order valence-electron chi connectivity index (χ3n) is 2.29. The summed E-state index contributed by atoms with van der Waals surface area (Å²) in [4.78, 5) is 19.9. The lowest BCUT2D eigenvalue weighted by Gasteiger charge is -2.06. The minimum atomic E-state index is -0.124. The number of nitrogens with zero attached hydrogens (tertiary/aromatic N) is 2. The summed E-state index contributed by atoms with van der Waals surface area (Å²) in [6.45, 7) is 3.69. The van der Waals surface area contributed by atoms with E-state index >= 15 is 0 Å². The largest absolute Gasteiger partial charge is 0.384 e. The summed E-state index contributed by atoms with van der Waals surface area (Å²) < 4.78 is 0. The highest BCUT2D eigenvalue weighted by atomic mass is 32.2. The van der Waals surface area contributed by atoms with Crippen molar-refractivity contribution in [2.24, 2.45) is 0 Å². The van der Waals surface area contributed by atoms with Gasteiger partial charge in [0, 0.05) is 24.9 Å². The molecule has 1 aromatic rings. The molecule has 1 aromatic heterocycles. The molecule has 0 bridgehead atoms. The van der Waals surface area contributed by atoms with Crippen LogP contribution in [-0.4, -0.2) is 34.9 Å². The van der Waals surface area contributed by atoms with Gasteiger partial charge in [0.15, 0.2) is 5.16 Å². The fourth-order valence-corrected chi connectivity index (χ4v) is 2.67. The lowest BCUT2D eigenvalue weighted by Crippen LogP contribution is -2.15. The Kier molecular flexibility index (Phi) is 7.17. The van der Waals surface area contributed by atoms with E-state index in [0.717, 1.165) is 10.6 Å². The maximum atomic E-state index is 11.4. The molecule has 1 rings (SSSR count). The Morgan fingerprint density at radius 2 is 2.30 bits per heavy atom. The summed E-state index contributed by atoms with van der Waals surface area (Å²) in [5, 5.41) is 4.01. The van der Waals surface area contributed by atoms with Crippen LogP contribution < -0.4 is 11.1 Å². The van der Waals surface area contributed by atoms with Crippen molar-refractivity contribution in [1.29, 1.82) is 0 Å². The number of rotatable bonds is 7. The highest BCUT2D eigenvalue weighted by molar-refractivity contribution is 7.99. The van der Waals surface area contributed by atoms with E-state index in [1.807, 2.05) is 6.26 Å². The van der Waals surface area contributed by atoms with Crippen LogP contribution in [0.2, 0.25) is 0 Å². The monoisotopic (exact) mass is 310 g/mol. The molecule has 5 nitrogen and oxygen atoms in total. The molecular weight excluding hydrogens is 292 g/mol. The summed E-state index contributed by atoms with van der Waals surface area (Å²) >= 11 is 2.97. The quantitative estimate of drug-likeness (QED) is 0.264. The predicted octanol–water partition coefficient (Wildman–Crippen LogP) is 2.12. The number of aromatic nitrogens is 2. The van der Waals surface area contributed by atoms with Crippen LogP contribution >= 0.6 is 23.5 Å². The van der Waals surface area contributed by atoms with Gasteiger partial charge < -0.3 is 11.1 Å². The second-order valence-electron chi connectivity index (χ2n) is 3.82. The van der Waals surface area contributed by atoms with Crippen LogP contribution in [0.25, 0.3) is 0 Å². The lowest BCUT2D eigenvalue weighted by molar-refractivity contribution is -0.116. The second-order valence-corrected chi connectivity index (χ2v) is 5.59. The topological polar surface area (TPSA) is 80.9 Å². The second kappa shape index (κ2) is 8.65. The summed E-state index contributed by atoms with van der Waals surface area (Å²) in [7, 11) is 1.60. The molecule has 0 unspecified atom stereocenters.